The largest absolute Gasteiger partial charge is 0.365 e. The van der Waals surface area contributed by atoms with Crippen molar-refractivity contribution in [2.24, 2.45) is 5.10 Å². The van der Waals surface area contributed by atoms with Gasteiger partial charge in [-0.2, -0.15) is 5.10 Å². The average molecular weight is 285 g/mol. The third-order valence-corrected chi connectivity index (χ3v) is 4.03. The van der Waals surface area contributed by atoms with Crippen molar-refractivity contribution in [3.63, 3.8) is 0 Å². The van der Waals surface area contributed by atoms with Gasteiger partial charge in [0.2, 0.25) is 5.91 Å². The Morgan fingerprint density at radius 2 is 2.00 bits per heavy atom. The first-order valence-electron chi connectivity index (χ1n) is 7.10. The number of nitrogens with zero attached hydrogens (tertiary/aromatic N) is 2. The van der Waals surface area contributed by atoms with Gasteiger partial charge in [-0.25, -0.2) is 5.43 Å². The summed E-state index contributed by atoms with van der Waals surface area (Å²) in [6, 6.07) is 4.32. The Kier molecular flexibility index (Phi) is 3.90. The molecule has 4 nitrogen and oxygen atoms in total. The van der Waals surface area contributed by atoms with Crippen LogP contribution in [0.15, 0.2) is 23.3 Å². The van der Waals surface area contributed by atoms with Crippen molar-refractivity contribution in [1.82, 2.24) is 5.43 Å². The molecule has 0 saturated heterocycles. The van der Waals surface area contributed by atoms with Crippen molar-refractivity contribution in [1.29, 1.82) is 0 Å². The van der Waals surface area contributed by atoms with Crippen LogP contribution in [0, 0.1) is 6.92 Å². The first kappa shape index (κ1) is 15.3. The molecule has 0 aromatic heterocycles. The van der Waals surface area contributed by atoms with E-state index in [0.717, 1.165) is 11.1 Å². The second-order valence-corrected chi connectivity index (χ2v) is 6.19. The fourth-order valence-electron chi connectivity index (χ4n) is 2.65. The van der Waals surface area contributed by atoms with Crippen LogP contribution in [0.5, 0.6) is 0 Å². The molecule has 2 rings (SSSR count). The molecule has 1 heterocycles. The molecule has 0 saturated carbocycles. The van der Waals surface area contributed by atoms with Crippen LogP contribution in [0.2, 0.25) is 0 Å². The highest BCUT2D eigenvalue weighted by Gasteiger charge is 2.28. The number of allylic oxidation sites excluding steroid dienone is 1. The molecule has 0 aliphatic carbocycles. The monoisotopic (exact) mass is 285 g/mol. The zero-order chi connectivity index (χ0) is 15.8. The molecule has 1 amide bonds. The molecule has 1 aliphatic rings. The van der Waals surface area contributed by atoms with Crippen LogP contribution in [-0.2, 0) is 4.79 Å². The smallest absolute Gasteiger partial charge is 0.236 e. The van der Waals surface area contributed by atoms with E-state index < -0.39 is 0 Å². The van der Waals surface area contributed by atoms with E-state index >= 15 is 0 Å². The highest BCUT2D eigenvalue weighted by molar-refractivity contribution is 5.89. The summed E-state index contributed by atoms with van der Waals surface area (Å²) in [5.74, 6) is -0.167. The standard InChI is InChI=1S/C17H23N3O/c1-11-7-16-15(8-14(11)10-18-19-13(3)21)12(2)9-17(4,5)20(16)6/h7-10H,1-6H3,(H,19,21)/b18-10-. The molecule has 1 N–H and O–H groups in total. The molecular formula is C17H23N3O. The molecule has 21 heavy (non-hydrogen) atoms. The van der Waals surface area contributed by atoms with Gasteiger partial charge in [-0.05, 0) is 56.5 Å². The minimum Gasteiger partial charge on any atom is -0.365 e. The lowest BCUT2D eigenvalue weighted by Gasteiger charge is -2.41. The molecule has 112 valence electrons. The maximum atomic E-state index is 10.9. The molecule has 4 heteroatoms. The number of nitrogens with one attached hydrogen (secondary N) is 1. The minimum atomic E-state index is -0.167. The molecule has 1 aromatic rings. The maximum Gasteiger partial charge on any atom is 0.236 e. The van der Waals surface area contributed by atoms with E-state index in [1.807, 2.05) is 0 Å². The quantitative estimate of drug-likeness (QED) is 0.670. The summed E-state index contributed by atoms with van der Waals surface area (Å²) in [7, 11) is 2.12. The molecule has 0 unspecified atom stereocenters. The number of carbonyl (C=O) groups is 1. The number of hydrazone groups is 1. The van der Waals surface area contributed by atoms with Crippen molar-refractivity contribution < 1.29 is 4.79 Å². The van der Waals surface area contributed by atoms with Crippen molar-refractivity contribution in [3.8, 4) is 0 Å². The van der Waals surface area contributed by atoms with Crippen molar-refractivity contribution in [2.45, 2.75) is 40.2 Å². The number of rotatable bonds is 2. The van der Waals surface area contributed by atoms with E-state index in [1.54, 1.807) is 6.21 Å². The number of carbonyl (C=O) groups excluding carboxylic acids is 1. The highest BCUT2D eigenvalue weighted by Crippen LogP contribution is 2.38. The van der Waals surface area contributed by atoms with Crippen LogP contribution in [0.25, 0.3) is 5.57 Å². The zero-order valence-electron chi connectivity index (χ0n) is 13.6. The Bertz CT molecular complexity index is 642. The van der Waals surface area contributed by atoms with Crippen LogP contribution in [-0.4, -0.2) is 24.7 Å². The lowest BCUT2D eigenvalue weighted by molar-refractivity contribution is -0.118. The van der Waals surface area contributed by atoms with E-state index in [4.69, 9.17) is 0 Å². The van der Waals surface area contributed by atoms with E-state index in [-0.39, 0.29) is 11.4 Å². The Morgan fingerprint density at radius 3 is 2.62 bits per heavy atom. The van der Waals surface area contributed by atoms with Crippen molar-refractivity contribution in [3.05, 3.63) is 34.9 Å². The molecule has 0 bridgehead atoms. The fourth-order valence-corrected chi connectivity index (χ4v) is 2.65. The van der Waals surface area contributed by atoms with Gasteiger partial charge in [0.25, 0.3) is 0 Å². The molecule has 0 radical (unpaired) electrons. The zero-order valence-corrected chi connectivity index (χ0v) is 13.6. The summed E-state index contributed by atoms with van der Waals surface area (Å²) in [4.78, 5) is 13.2. The van der Waals surface area contributed by atoms with Gasteiger partial charge in [0.05, 0.1) is 11.8 Å². The number of amides is 1. The van der Waals surface area contributed by atoms with Crippen LogP contribution in [0.3, 0.4) is 0 Å². The maximum absolute atomic E-state index is 10.9. The summed E-state index contributed by atoms with van der Waals surface area (Å²) < 4.78 is 0. The van der Waals surface area contributed by atoms with Gasteiger partial charge in [-0.1, -0.05) is 6.08 Å². The Hall–Kier alpha value is -2.10. The lowest BCUT2D eigenvalue weighted by Crippen LogP contribution is -2.42. The summed E-state index contributed by atoms with van der Waals surface area (Å²) >= 11 is 0. The molecule has 0 fully saturated rings. The summed E-state index contributed by atoms with van der Waals surface area (Å²) in [5, 5.41) is 3.97. The number of hydrogen-bond acceptors (Lipinski definition) is 3. The van der Waals surface area contributed by atoms with Gasteiger partial charge < -0.3 is 4.90 Å². The average Bonchev–Trinajstić information content (AvgIpc) is 2.36. The predicted octanol–water partition coefficient (Wildman–Crippen LogP) is 3.10. The second kappa shape index (κ2) is 5.35. The van der Waals surface area contributed by atoms with Crippen LogP contribution >= 0.6 is 0 Å². The van der Waals surface area contributed by atoms with E-state index in [1.165, 1.54) is 23.7 Å². The first-order chi connectivity index (χ1) is 9.72. The third kappa shape index (κ3) is 2.99. The molecule has 0 atom stereocenters. The SMILES string of the molecule is CC(=O)N/N=C\c1cc2c(cc1C)N(C)C(C)(C)C=C2C. The number of likely N-dealkylation sites (N-methyl/N-ethyl adjacent to an activating group) is 1. The Morgan fingerprint density at radius 1 is 1.33 bits per heavy atom. The van der Waals surface area contributed by atoms with Crippen LogP contribution in [0.4, 0.5) is 5.69 Å². The number of anilines is 1. The van der Waals surface area contributed by atoms with Crippen LogP contribution in [0.1, 0.15) is 44.4 Å². The topological polar surface area (TPSA) is 44.7 Å². The number of hydrogen-bond donors (Lipinski definition) is 1. The second-order valence-electron chi connectivity index (χ2n) is 6.19. The third-order valence-electron chi connectivity index (χ3n) is 4.03. The van der Waals surface area contributed by atoms with Gasteiger partial charge in [0.1, 0.15) is 0 Å². The Balaban J connectivity index is 2.46. The normalized spacial score (nSPS) is 16.7. The van der Waals surface area contributed by atoms with Gasteiger partial charge in [0, 0.05) is 25.2 Å². The van der Waals surface area contributed by atoms with Crippen LogP contribution < -0.4 is 10.3 Å². The highest BCUT2D eigenvalue weighted by atomic mass is 16.2. The van der Waals surface area contributed by atoms with Gasteiger partial charge in [-0.3, -0.25) is 4.79 Å². The van der Waals surface area contributed by atoms with Gasteiger partial charge in [0.15, 0.2) is 0 Å². The van der Waals surface area contributed by atoms with Crippen molar-refractivity contribution in [2.75, 3.05) is 11.9 Å². The summed E-state index contributed by atoms with van der Waals surface area (Å²) in [6.07, 6.45) is 3.98. The molecular weight excluding hydrogens is 262 g/mol. The molecule has 1 aliphatic heterocycles. The summed E-state index contributed by atoms with van der Waals surface area (Å²) in [6.45, 7) is 10.1. The van der Waals surface area contributed by atoms with Gasteiger partial charge in [-0.15, -0.1) is 0 Å². The summed E-state index contributed by atoms with van der Waals surface area (Å²) in [5.41, 5.74) is 8.32. The lowest BCUT2D eigenvalue weighted by atomic mass is 9.87. The number of benzene rings is 1. The number of aryl methyl sites for hydroxylation is 1. The fraction of sp³-hybridized carbons (Fsp3) is 0.412. The van der Waals surface area contributed by atoms with Gasteiger partial charge >= 0.3 is 0 Å². The number of fused-ring (bicyclic) bond motifs is 1. The van der Waals surface area contributed by atoms with E-state index in [2.05, 4.69) is 68.4 Å². The van der Waals surface area contributed by atoms with Crippen molar-refractivity contribution >= 4 is 23.4 Å². The molecule has 1 aromatic carbocycles. The molecule has 0 spiro atoms. The predicted molar refractivity (Wildman–Crippen MR) is 88.7 cm³/mol. The first-order valence-corrected chi connectivity index (χ1v) is 7.10. The van der Waals surface area contributed by atoms with E-state index in [9.17, 15) is 4.79 Å². The Labute approximate surface area is 126 Å². The van der Waals surface area contributed by atoms with E-state index in [0.29, 0.717) is 0 Å². The minimum absolute atomic E-state index is 0.00924.